The molecular formula is C23H41NO11. The van der Waals surface area contributed by atoms with Crippen molar-refractivity contribution in [3.8, 4) is 0 Å². The lowest BCUT2D eigenvalue weighted by Crippen LogP contribution is -2.86. The summed E-state index contributed by atoms with van der Waals surface area (Å²) in [7, 11) is 1.29. The zero-order chi connectivity index (χ0) is 27.6. The zero-order valence-corrected chi connectivity index (χ0v) is 22.1. The first-order chi connectivity index (χ1) is 15.6. The molecule has 35 heavy (non-hydrogen) atoms. The van der Waals surface area contributed by atoms with Crippen LogP contribution >= 0.6 is 0 Å². The molecule has 2 rings (SSSR count). The highest BCUT2D eigenvalue weighted by atomic mass is 16.7. The van der Waals surface area contributed by atoms with Gasteiger partial charge in [0, 0.05) is 14.0 Å². The zero-order valence-electron chi connectivity index (χ0n) is 22.1. The molecule has 2 fully saturated rings. The summed E-state index contributed by atoms with van der Waals surface area (Å²) >= 11 is 0. The summed E-state index contributed by atoms with van der Waals surface area (Å²) in [4.78, 5) is 24.8. The van der Waals surface area contributed by atoms with E-state index in [-0.39, 0.29) is 0 Å². The molecular weight excluding hydrogens is 466 g/mol. The summed E-state index contributed by atoms with van der Waals surface area (Å²) < 4.78 is 23.8. The van der Waals surface area contributed by atoms with E-state index in [0.717, 1.165) is 0 Å². The molecule has 204 valence electrons. The van der Waals surface area contributed by atoms with E-state index >= 15 is 0 Å². The molecule has 2 aliphatic heterocycles. The van der Waals surface area contributed by atoms with Gasteiger partial charge in [-0.2, -0.15) is 0 Å². The highest BCUT2D eigenvalue weighted by Crippen LogP contribution is 2.54. The molecule has 10 atom stereocenters. The number of ether oxygens (including phenoxy) is 4. The molecule has 0 aromatic carbocycles. The van der Waals surface area contributed by atoms with Crippen molar-refractivity contribution in [2.75, 3.05) is 13.7 Å². The molecule has 2 saturated heterocycles. The minimum absolute atomic E-state index is 0.550. The van der Waals surface area contributed by atoms with Crippen LogP contribution in [0.4, 0.5) is 0 Å². The molecule has 12 heteroatoms. The van der Waals surface area contributed by atoms with E-state index in [4.69, 9.17) is 18.9 Å². The van der Waals surface area contributed by atoms with E-state index in [9.17, 15) is 35.1 Å². The fourth-order valence-electron chi connectivity index (χ4n) is 5.29. The Hall–Kier alpha value is -1.38. The van der Waals surface area contributed by atoms with Crippen LogP contribution in [0.3, 0.4) is 0 Å². The lowest BCUT2D eigenvalue weighted by Gasteiger charge is -2.65. The first-order valence-electron chi connectivity index (χ1n) is 11.4. The molecule has 0 radical (unpaired) electrons. The first-order valence-corrected chi connectivity index (χ1v) is 11.4. The molecule has 2 heterocycles. The Morgan fingerprint density at radius 1 is 1.03 bits per heavy atom. The second kappa shape index (κ2) is 8.59. The second-order valence-electron chi connectivity index (χ2n) is 11.0. The molecule has 0 aromatic heterocycles. The Morgan fingerprint density at radius 3 is 1.94 bits per heavy atom. The number of methoxy groups -OCH3 is 1. The van der Waals surface area contributed by atoms with Crippen LogP contribution in [0, 0.1) is 0 Å². The third-order valence-corrected chi connectivity index (χ3v) is 8.93. The van der Waals surface area contributed by atoms with Gasteiger partial charge >= 0.3 is 5.97 Å². The smallest absolute Gasteiger partial charge is 0.338 e. The van der Waals surface area contributed by atoms with Crippen LogP contribution in [-0.2, 0) is 28.5 Å². The van der Waals surface area contributed by atoms with Crippen LogP contribution in [0.1, 0.15) is 62.3 Å². The van der Waals surface area contributed by atoms with Crippen LogP contribution in [0.15, 0.2) is 0 Å². The van der Waals surface area contributed by atoms with Crippen LogP contribution < -0.4 is 5.32 Å². The van der Waals surface area contributed by atoms with Crippen LogP contribution in [-0.4, -0.2) is 109 Å². The fraction of sp³-hybridized carbons (Fsp3) is 0.913. The topological polar surface area (TPSA) is 184 Å². The molecule has 10 unspecified atom stereocenters. The highest BCUT2D eigenvalue weighted by molar-refractivity contribution is 5.80. The van der Waals surface area contributed by atoms with Gasteiger partial charge < -0.3 is 49.8 Å². The van der Waals surface area contributed by atoms with Crippen LogP contribution in [0.5, 0.6) is 0 Å². The molecule has 0 saturated carbocycles. The van der Waals surface area contributed by atoms with Crippen LogP contribution in [0.25, 0.3) is 0 Å². The van der Waals surface area contributed by atoms with Gasteiger partial charge in [-0.25, -0.2) is 4.79 Å². The summed E-state index contributed by atoms with van der Waals surface area (Å²) in [6.45, 7) is 11.2. The number of hydrogen-bond acceptors (Lipinski definition) is 10. The predicted octanol–water partition coefficient (Wildman–Crippen LogP) is -0.706. The van der Waals surface area contributed by atoms with Gasteiger partial charge in [0.15, 0.2) is 11.9 Å². The third-order valence-electron chi connectivity index (χ3n) is 8.93. The van der Waals surface area contributed by atoms with Crippen molar-refractivity contribution >= 4 is 11.9 Å². The van der Waals surface area contributed by atoms with Crippen molar-refractivity contribution < 1.29 is 54.1 Å². The van der Waals surface area contributed by atoms with E-state index in [0.29, 0.717) is 0 Å². The summed E-state index contributed by atoms with van der Waals surface area (Å²) in [5.74, 6) is -2.04. The van der Waals surface area contributed by atoms with Gasteiger partial charge in [0.25, 0.3) is 0 Å². The minimum Gasteiger partial charge on any atom is -0.479 e. The SMILES string of the molecule is COC1(C)C(O)C(C)(CO)OC(OC2(C)C(C)(C(=O)O)OC(C)C(C)(O)C2(C)O)C1(C)NC(C)=O. The standard InChI is InChI=1S/C23H41NO11/c1-12-19(5,30)22(8,31)23(9,21(7,33-12)15(28)29)35-16-18(4,24-13(2)26)20(6,32-10)14(27)17(3,11-25)34-16/h12,14,16,25,27,30-31H,11H2,1-10H3,(H,24,26)(H,28,29). The number of carboxylic acids is 1. The maximum Gasteiger partial charge on any atom is 0.338 e. The molecule has 0 bridgehead atoms. The predicted molar refractivity (Wildman–Crippen MR) is 121 cm³/mol. The largest absolute Gasteiger partial charge is 0.479 e. The van der Waals surface area contributed by atoms with Crippen molar-refractivity contribution in [3.63, 3.8) is 0 Å². The molecule has 0 aromatic rings. The van der Waals surface area contributed by atoms with Gasteiger partial charge in [0.05, 0.1) is 12.7 Å². The summed E-state index contributed by atoms with van der Waals surface area (Å²) in [5.41, 5.74) is -13.8. The number of carbonyl (C=O) groups is 2. The van der Waals surface area contributed by atoms with Gasteiger partial charge in [-0.3, -0.25) is 4.79 Å². The lowest BCUT2D eigenvalue weighted by molar-refractivity contribution is -0.429. The van der Waals surface area contributed by atoms with E-state index < -0.39 is 76.1 Å². The van der Waals surface area contributed by atoms with E-state index in [1.54, 1.807) is 0 Å². The normalized spacial score (nSPS) is 52.7. The Morgan fingerprint density at radius 2 is 1.54 bits per heavy atom. The average molecular weight is 508 g/mol. The number of carbonyl (C=O) groups excluding carboxylic acids is 1. The number of aliphatic hydroxyl groups is 4. The van der Waals surface area contributed by atoms with Gasteiger partial charge in [-0.1, -0.05) is 0 Å². The fourth-order valence-corrected chi connectivity index (χ4v) is 5.29. The van der Waals surface area contributed by atoms with E-state index in [1.807, 2.05) is 0 Å². The van der Waals surface area contributed by atoms with Crippen molar-refractivity contribution in [2.24, 2.45) is 0 Å². The number of hydrogen-bond donors (Lipinski definition) is 6. The number of amides is 1. The Labute approximate surface area is 205 Å². The lowest BCUT2D eigenvalue weighted by atomic mass is 9.61. The third kappa shape index (κ3) is 3.72. The average Bonchev–Trinajstić information content (AvgIpc) is 2.74. The molecule has 6 N–H and O–H groups in total. The Kier molecular flexibility index (Phi) is 7.33. The minimum atomic E-state index is -2.26. The molecule has 0 aliphatic carbocycles. The number of carboxylic acid groups (broad SMARTS) is 1. The number of aliphatic carboxylic acids is 1. The van der Waals surface area contributed by atoms with Gasteiger partial charge in [0.1, 0.15) is 39.6 Å². The number of nitrogens with one attached hydrogen (secondary N) is 1. The Bertz CT molecular complexity index is 864. The highest BCUT2D eigenvalue weighted by Gasteiger charge is 2.76. The van der Waals surface area contributed by atoms with Gasteiger partial charge in [-0.15, -0.1) is 0 Å². The maximum atomic E-state index is 12.5. The van der Waals surface area contributed by atoms with Crippen molar-refractivity contribution in [1.82, 2.24) is 5.32 Å². The summed E-state index contributed by atoms with van der Waals surface area (Å²) in [6, 6.07) is 0. The molecule has 1 amide bonds. The summed E-state index contributed by atoms with van der Waals surface area (Å²) in [6.07, 6.45) is -4.25. The monoisotopic (exact) mass is 507 g/mol. The molecule has 12 nitrogen and oxygen atoms in total. The van der Waals surface area contributed by atoms with Gasteiger partial charge in [0.2, 0.25) is 5.91 Å². The maximum absolute atomic E-state index is 12.5. The Balaban J connectivity index is 2.83. The van der Waals surface area contributed by atoms with Gasteiger partial charge in [-0.05, 0) is 55.4 Å². The molecule has 0 spiro atoms. The number of rotatable bonds is 6. The number of aliphatic hydroxyl groups excluding tert-OH is 2. The van der Waals surface area contributed by atoms with E-state index in [2.05, 4.69) is 5.32 Å². The van der Waals surface area contributed by atoms with E-state index in [1.165, 1.54) is 69.4 Å². The summed E-state index contributed by atoms with van der Waals surface area (Å²) in [5, 5.41) is 57.0. The quantitative estimate of drug-likeness (QED) is 0.267. The molecule has 2 aliphatic rings. The first kappa shape index (κ1) is 29.8. The van der Waals surface area contributed by atoms with Crippen molar-refractivity contribution in [2.45, 2.75) is 120 Å². The van der Waals surface area contributed by atoms with Crippen molar-refractivity contribution in [1.29, 1.82) is 0 Å². The van der Waals surface area contributed by atoms with Crippen molar-refractivity contribution in [3.05, 3.63) is 0 Å². The van der Waals surface area contributed by atoms with Crippen LogP contribution in [0.2, 0.25) is 0 Å². The second-order valence-corrected chi connectivity index (χ2v) is 11.0.